The molecule has 0 saturated heterocycles. The number of ether oxygens (including phenoxy) is 2. The van der Waals surface area contributed by atoms with E-state index in [9.17, 15) is 0 Å². The number of nitrogens with zero attached hydrogens (tertiary/aromatic N) is 2. The Morgan fingerprint density at radius 3 is 2.79 bits per heavy atom. The van der Waals surface area contributed by atoms with E-state index in [0.717, 1.165) is 0 Å². The Labute approximate surface area is 82.6 Å². The quantitative estimate of drug-likeness (QED) is 0.579. The maximum absolute atomic E-state index is 7.48. The van der Waals surface area contributed by atoms with Crippen LogP contribution in [0.3, 0.4) is 0 Å². The molecule has 1 aromatic heterocycles. The SMILES string of the molecule is CCOC(=N)c1cncc(OCC)n1. The Balaban J connectivity index is 2.77. The van der Waals surface area contributed by atoms with Crippen molar-refractivity contribution >= 4 is 5.90 Å². The van der Waals surface area contributed by atoms with Crippen molar-refractivity contribution in [2.24, 2.45) is 0 Å². The third-order valence-corrected chi connectivity index (χ3v) is 1.43. The fourth-order valence-electron chi connectivity index (χ4n) is 0.893. The number of hydrogen-bond donors (Lipinski definition) is 1. The van der Waals surface area contributed by atoms with E-state index in [-0.39, 0.29) is 5.90 Å². The van der Waals surface area contributed by atoms with Gasteiger partial charge in [-0.2, -0.15) is 0 Å². The molecule has 0 radical (unpaired) electrons. The third-order valence-electron chi connectivity index (χ3n) is 1.43. The van der Waals surface area contributed by atoms with Gasteiger partial charge in [0.1, 0.15) is 5.69 Å². The molecule has 1 rings (SSSR count). The van der Waals surface area contributed by atoms with Gasteiger partial charge in [0.25, 0.3) is 0 Å². The Morgan fingerprint density at radius 1 is 1.36 bits per heavy atom. The molecule has 0 unspecified atom stereocenters. The van der Waals surface area contributed by atoms with Gasteiger partial charge in [0.2, 0.25) is 11.8 Å². The van der Waals surface area contributed by atoms with Gasteiger partial charge in [-0.05, 0) is 13.8 Å². The zero-order chi connectivity index (χ0) is 10.4. The van der Waals surface area contributed by atoms with Crippen molar-refractivity contribution in [1.82, 2.24) is 9.97 Å². The first kappa shape index (κ1) is 10.4. The van der Waals surface area contributed by atoms with E-state index < -0.39 is 0 Å². The summed E-state index contributed by atoms with van der Waals surface area (Å²) in [5, 5.41) is 7.48. The lowest BCUT2D eigenvalue weighted by atomic mass is 10.4. The summed E-state index contributed by atoms with van der Waals surface area (Å²) in [4.78, 5) is 7.94. The summed E-state index contributed by atoms with van der Waals surface area (Å²) in [6, 6.07) is 0. The Bertz CT molecular complexity index is 315. The predicted molar refractivity (Wildman–Crippen MR) is 51.7 cm³/mol. The molecule has 5 nitrogen and oxygen atoms in total. The molecule has 1 aromatic rings. The van der Waals surface area contributed by atoms with Crippen LogP contribution in [-0.4, -0.2) is 29.1 Å². The summed E-state index contributed by atoms with van der Waals surface area (Å²) in [7, 11) is 0. The number of rotatable bonds is 4. The van der Waals surface area contributed by atoms with Gasteiger partial charge >= 0.3 is 0 Å². The monoisotopic (exact) mass is 195 g/mol. The molecule has 1 N–H and O–H groups in total. The zero-order valence-corrected chi connectivity index (χ0v) is 8.28. The van der Waals surface area contributed by atoms with Gasteiger partial charge in [0.05, 0.1) is 25.6 Å². The molecular formula is C9H13N3O2. The minimum atomic E-state index is 0.0153. The molecule has 0 spiro atoms. The topological polar surface area (TPSA) is 68.1 Å². The summed E-state index contributed by atoms with van der Waals surface area (Å²) >= 11 is 0. The van der Waals surface area contributed by atoms with Crippen LogP contribution in [0.4, 0.5) is 0 Å². The molecule has 0 aliphatic heterocycles. The standard InChI is InChI=1S/C9H13N3O2/c1-3-13-8-6-11-5-7(12-8)9(10)14-4-2/h5-6,10H,3-4H2,1-2H3. The predicted octanol–water partition coefficient (Wildman–Crippen LogP) is 1.24. The smallest absolute Gasteiger partial charge is 0.234 e. The lowest BCUT2D eigenvalue weighted by Crippen LogP contribution is -2.08. The van der Waals surface area contributed by atoms with E-state index in [0.29, 0.717) is 24.8 Å². The van der Waals surface area contributed by atoms with Gasteiger partial charge in [-0.25, -0.2) is 4.98 Å². The largest absolute Gasteiger partial charge is 0.477 e. The first-order valence-corrected chi connectivity index (χ1v) is 4.44. The fraction of sp³-hybridized carbons (Fsp3) is 0.444. The van der Waals surface area contributed by atoms with Crippen molar-refractivity contribution in [2.45, 2.75) is 13.8 Å². The summed E-state index contributed by atoms with van der Waals surface area (Å²) < 4.78 is 10.1. The van der Waals surface area contributed by atoms with Crippen LogP contribution in [0.1, 0.15) is 19.5 Å². The fourth-order valence-corrected chi connectivity index (χ4v) is 0.893. The van der Waals surface area contributed by atoms with Crippen molar-refractivity contribution in [3.05, 3.63) is 18.1 Å². The van der Waals surface area contributed by atoms with Gasteiger partial charge in [0.15, 0.2) is 0 Å². The molecule has 0 fully saturated rings. The van der Waals surface area contributed by atoms with E-state index in [1.54, 1.807) is 0 Å². The van der Waals surface area contributed by atoms with Crippen LogP contribution in [0.25, 0.3) is 0 Å². The molecule has 76 valence electrons. The Morgan fingerprint density at radius 2 is 2.14 bits per heavy atom. The van der Waals surface area contributed by atoms with E-state index in [1.807, 2.05) is 13.8 Å². The maximum Gasteiger partial charge on any atom is 0.234 e. The second kappa shape index (κ2) is 5.16. The van der Waals surface area contributed by atoms with Crippen LogP contribution in [0.5, 0.6) is 5.88 Å². The van der Waals surface area contributed by atoms with Crippen molar-refractivity contribution in [1.29, 1.82) is 5.41 Å². The second-order valence-corrected chi connectivity index (χ2v) is 2.44. The lowest BCUT2D eigenvalue weighted by Gasteiger charge is -2.05. The molecule has 0 aliphatic rings. The van der Waals surface area contributed by atoms with Crippen LogP contribution in [0, 0.1) is 5.41 Å². The summed E-state index contributed by atoms with van der Waals surface area (Å²) in [5.41, 5.74) is 0.387. The van der Waals surface area contributed by atoms with Gasteiger partial charge in [-0.3, -0.25) is 10.4 Å². The van der Waals surface area contributed by atoms with Crippen LogP contribution >= 0.6 is 0 Å². The third kappa shape index (κ3) is 2.69. The average molecular weight is 195 g/mol. The molecular weight excluding hydrogens is 182 g/mol. The van der Waals surface area contributed by atoms with Crippen LogP contribution < -0.4 is 4.74 Å². The van der Waals surface area contributed by atoms with E-state index in [2.05, 4.69) is 9.97 Å². The van der Waals surface area contributed by atoms with Crippen molar-refractivity contribution in [3.63, 3.8) is 0 Å². The second-order valence-electron chi connectivity index (χ2n) is 2.44. The molecule has 14 heavy (non-hydrogen) atoms. The van der Waals surface area contributed by atoms with Crippen molar-refractivity contribution < 1.29 is 9.47 Å². The minimum Gasteiger partial charge on any atom is -0.477 e. The van der Waals surface area contributed by atoms with Gasteiger partial charge in [0, 0.05) is 0 Å². The molecule has 0 aliphatic carbocycles. The summed E-state index contributed by atoms with van der Waals surface area (Å²) in [5.74, 6) is 0.427. The van der Waals surface area contributed by atoms with E-state index in [4.69, 9.17) is 14.9 Å². The summed E-state index contributed by atoms with van der Waals surface area (Å²) in [6.07, 6.45) is 2.98. The van der Waals surface area contributed by atoms with Crippen molar-refractivity contribution in [3.8, 4) is 5.88 Å². The first-order valence-electron chi connectivity index (χ1n) is 4.44. The van der Waals surface area contributed by atoms with E-state index >= 15 is 0 Å². The number of hydrogen-bond acceptors (Lipinski definition) is 5. The molecule has 0 saturated carbocycles. The number of aromatic nitrogens is 2. The van der Waals surface area contributed by atoms with Crippen LogP contribution in [0.15, 0.2) is 12.4 Å². The molecule has 1 heterocycles. The zero-order valence-electron chi connectivity index (χ0n) is 8.28. The van der Waals surface area contributed by atoms with Gasteiger partial charge in [-0.15, -0.1) is 0 Å². The molecule has 0 amide bonds. The molecule has 0 atom stereocenters. The van der Waals surface area contributed by atoms with Gasteiger partial charge in [-0.1, -0.05) is 0 Å². The maximum atomic E-state index is 7.48. The molecule has 0 aromatic carbocycles. The van der Waals surface area contributed by atoms with Crippen LogP contribution in [0.2, 0.25) is 0 Å². The Kier molecular flexibility index (Phi) is 3.84. The minimum absolute atomic E-state index is 0.0153. The highest BCUT2D eigenvalue weighted by Crippen LogP contribution is 2.05. The highest BCUT2D eigenvalue weighted by molar-refractivity contribution is 5.89. The normalized spacial score (nSPS) is 9.57. The highest BCUT2D eigenvalue weighted by Gasteiger charge is 2.05. The highest BCUT2D eigenvalue weighted by atomic mass is 16.5. The molecule has 5 heteroatoms. The lowest BCUT2D eigenvalue weighted by molar-refractivity contribution is 0.315. The number of nitrogens with one attached hydrogen (secondary N) is 1. The first-order chi connectivity index (χ1) is 6.77. The Hall–Kier alpha value is -1.65. The summed E-state index contributed by atoms with van der Waals surface area (Å²) in [6.45, 7) is 4.65. The van der Waals surface area contributed by atoms with Crippen molar-refractivity contribution in [2.75, 3.05) is 13.2 Å². The average Bonchev–Trinajstić information content (AvgIpc) is 2.19. The van der Waals surface area contributed by atoms with Gasteiger partial charge < -0.3 is 9.47 Å². The van der Waals surface area contributed by atoms with E-state index in [1.165, 1.54) is 12.4 Å². The van der Waals surface area contributed by atoms with Crippen LogP contribution in [-0.2, 0) is 4.74 Å². The molecule has 0 bridgehead atoms.